The topological polar surface area (TPSA) is 21.3 Å². The van der Waals surface area contributed by atoms with Crippen molar-refractivity contribution in [3.8, 4) is 11.5 Å². The summed E-state index contributed by atoms with van der Waals surface area (Å²) < 4.78 is 6.08. The number of aryl methyl sites for hydroxylation is 2. The van der Waals surface area contributed by atoms with Gasteiger partial charge in [0.05, 0.1) is 0 Å². The summed E-state index contributed by atoms with van der Waals surface area (Å²) in [5.41, 5.74) is 3.05. The Hall–Kier alpha value is -1.22. The molecule has 0 fully saturated rings. The average molecular weight is 310 g/mol. The van der Waals surface area contributed by atoms with Crippen LogP contribution in [0, 0.1) is 13.8 Å². The van der Waals surface area contributed by atoms with Gasteiger partial charge < -0.3 is 10.1 Å². The smallest absolute Gasteiger partial charge is 0.133 e. The fourth-order valence-electron chi connectivity index (χ4n) is 2.14. The molecule has 2 nitrogen and oxygen atoms in total. The van der Waals surface area contributed by atoms with Crippen molar-refractivity contribution in [2.75, 3.05) is 7.05 Å². The Kier molecular flexibility index (Phi) is 4.92. The van der Waals surface area contributed by atoms with E-state index in [1.54, 1.807) is 0 Å². The lowest BCUT2D eigenvalue weighted by molar-refractivity contribution is 0.467. The molecule has 0 atom stereocenters. The third kappa shape index (κ3) is 3.45. The van der Waals surface area contributed by atoms with E-state index in [0.717, 1.165) is 33.2 Å². The van der Waals surface area contributed by atoms with Gasteiger partial charge in [0.25, 0.3) is 0 Å². The third-order valence-electron chi connectivity index (χ3n) is 3.03. The van der Waals surface area contributed by atoms with Crippen LogP contribution in [0.3, 0.4) is 0 Å². The van der Waals surface area contributed by atoms with E-state index >= 15 is 0 Å². The maximum absolute atomic E-state index is 6.08. The second-order valence-corrected chi connectivity index (χ2v) is 5.63. The quantitative estimate of drug-likeness (QED) is 0.846. The number of hydrogen-bond acceptors (Lipinski definition) is 2. The first-order valence-electron chi connectivity index (χ1n) is 6.39. The van der Waals surface area contributed by atoms with E-state index in [4.69, 9.17) is 27.9 Å². The number of ether oxygens (including phenoxy) is 1. The first-order valence-corrected chi connectivity index (χ1v) is 7.14. The van der Waals surface area contributed by atoms with Gasteiger partial charge in [0, 0.05) is 22.2 Å². The van der Waals surface area contributed by atoms with Crippen molar-refractivity contribution in [3.05, 3.63) is 57.1 Å². The summed E-state index contributed by atoms with van der Waals surface area (Å²) in [5, 5.41) is 4.54. The van der Waals surface area contributed by atoms with E-state index in [-0.39, 0.29) is 0 Å². The monoisotopic (exact) mass is 309 g/mol. The zero-order valence-electron chi connectivity index (χ0n) is 11.8. The van der Waals surface area contributed by atoms with Gasteiger partial charge in [0.15, 0.2) is 0 Å². The summed E-state index contributed by atoms with van der Waals surface area (Å²) in [4.78, 5) is 0. The summed E-state index contributed by atoms with van der Waals surface area (Å²) in [7, 11) is 1.89. The molecule has 0 radical (unpaired) electrons. The summed E-state index contributed by atoms with van der Waals surface area (Å²) in [6, 6.07) is 9.43. The zero-order chi connectivity index (χ0) is 14.7. The molecule has 0 aromatic heterocycles. The molecule has 106 valence electrons. The maximum Gasteiger partial charge on any atom is 0.133 e. The molecule has 2 aromatic carbocycles. The van der Waals surface area contributed by atoms with Crippen LogP contribution in [0.2, 0.25) is 10.0 Å². The molecular formula is C16H17Cl2NO. The molecule has 0 bridgehead atoms. The number of hydrogen-bond donors (Lipinski definition) is 1. The Balaban J connectivity index is 2.40. The van der Waals surface area contributed by atoms with Crippen molar-refractivity contribution in [3.63, 3.8) is 0 Å². The van der Waals surface area contributed by atoms with E-state index in [0.29, 0.717) is 11.6 Å². The molecule has 0 aliphatic heterocycles. The average Bonchev–Trinajstić information content (AvgIpc) is 2.36. The number of nitrogens with one attached hydrogen (secondary N) is 1. The fourth-order valence-corrected chi connectivity index (χ4v) is 2.67. The van der Waals surface area contributed by atoms with Crippen molar-refractivity contribution in [1.29, 1.82) is 0 Å². The van der Waals surface area contributed by atoms with E-state index in [2.05, 4.69) is 5.32 Å². The fraction of sp³-hybridized carbons (Fsp3) is 0.250. The van der Waals surface area contributed by atoms with E-state index in [1.165, 1.54) is 0 Å². The van der Waals surface area contributed by atoms with Gasteiger partial charge in [-0.2, -0.15) is 0 Å². The Morgan fingerprint density at radius 1 is 1.00 bits per heavy atom. The van der Waals surface area contributed by atoms with Crippen molar-refractivity contribution in [2.45, 2.75) is 20.4 Å². The van der Waals surface area contributed by atoms with Crippen molar-refractivity contribution < 1.29 is 4.74 Å². The summed E-state index contributed by atoms with van der Waals surface area (Å²) in [6.45, 7) is 4.67. The number of benzene rings is 2. The van der Waals surface area contributed by atoms with Crippen LogP contribution in [-0.4, -0.2) is 7.05 Å². The lowest BCUT2D eigenvalue weighted by Crippen LogP contribution is -2.06. The van der Waals surface area contributed by atoms with Gasteiger partial charge in [-0.05, 0) is 62.4 Å². The highest BCUT2D eigenvalue weighted by molar-refractivity contribution is 6.31. The van der Waals surface area contributed by atoms with Crippen LogP contribution in [0.1, 0.15) is 16.7 Å². The Labute approximate surface area is 129 Å². The van der Waals surface area contributed by atoms with Crippen LogP contribution in [0.15, 0.2) is 30.3 Å². The summed E-state index contributed by atoms with van der Waals surface area (Å²) >= 11 is 12.1. The van der Waals surface area contributed by atoms with Crippen LogP contribution in [0.25, 0.3) is 0 Å². The highest BCUT2D eigenvalue weighted by Gasteiger charge is 2.10. The Morgan fingerprint density at radius 3 is 2.25 bits per heavy atom. The van der Waals surface area contributed by atoms with Crippen molar-refractivity contribution >= 4 is 23.2 Å². The van der Waals surface area contributed by atoms with Gasteiger partial charge in [-0.15, -0.1) is 0 Å². The molecule has 4 heteroatoms. The largest absolute Gasteiger partial charge is 0.456 e. The maximum atomic E-state index is 6.08. The van der Waals surface area contributed by atoms with E-state index in [1.807, 2.05) is 51.2 Å². The highest BCUT2D eigenvalue weighted by atomic mass is 35.5. The van der Waals surface area contributed by atoms with Crippen molar-refractivity contribution in [2.24, 2.45) is 0 Å². The SMILES string of the molecule is CNCc1cc(Cl)ccc1Oc1c(C)cc(Cl)cc1C. The zero-order valence-corrected chi connectivity index (χ0v) is 13.3. The molecule has 0 unspecified atom stereocenters. The molecule has 0 heterocycles. The van der Waals surface area contributed by atoms with Crippen LogP contribution >= 0.6 is 23.2 Å². The normalized spacial score (nSPS) is 10.7. The van der Waals surface area contributed by atoms with E-state index < -0.39 is 0 Å². The van der Waals surface area contributed by atoms with Gasteiger partial charge in [0.2, 0.25) is 0 Å². The standard InChI is InChI=1S/C16H17Cl2NO/c1-10-6-14(18)7-11(2)16(10)20-15-5-4-13(17)8-12(15)9-19-3/h4-8,19H,9H2,1-3H3. The van der Waals surface area contributed by atoms with Crippen molar-refractivity contribution in [1.82, 2.24) is 5.32 Å². The molecule has 0 aliphatic rings. The molecule has 2 aromatic rings. The molecule has 2 rings (SSSR count). The van der Waals surface area contributed by atoms with Crippen LogP contribution in [-0.2, 0) is 6.54 Å². The number of rotatable bonds is 4. The minimum absolute atomic E-state index is 0.696. The Bertz CT molecular complexity index is 603. The van der Waals surface area contributed by atoms with Gasteiger partial charge in [-0.1, -0.05) is 23.2 Å². The first-order chi connectivity index (χ1) is 9.51. The summed E-state index contributed by atoms with van der Waals surface area (Å²) in [5.74, 6) is 1.64. The van der Waals surface area contributed by atoms with Crippen LogP contribution in [0.4, 0.5) is 0 Å². The van der Waals surface area contributed by atoms with Gasteiger partial charge >= 0.3 is 0 Å². The predicted octanol–water partition coefficient (Wildman–Crippen LogP) is 5.12. The molecule has 0 spiro atoms. The molecule has 20 heavy (non-hydrogen) atoms. The molecule has 0 saturated heterocycles. The lowest BCUT2D eigenvalue weighted by atomic mass is 10.1. The molecule has 0 saturated carbocycles. The highest BCUT2D eigenvalue weighted by Crippen LogP contribution is 2.33. The molecular weight excluding hydrogens is 293 g/mol. The minimum atomic E-state index is 0.696. The first kappa shape index (κ1) is 15.2. The van der Waals surface area contributed by atoms with Gasteiger partial charge in [-0.3, -0.25) is 0 Å². The third-order valence-corrected chi connectivity index (χ3v) is 3.48. The lowest BCUT2D eigenvalue weighted by Gasteiger charge is -2.15. The van der Waals surface area contributed by atoms with Gasteiger partial charge in [-0.25, -0.2) is 0 Å². The Morgan fingerprint density at radius 2 is 1.65 bits per heavy atom. The second kappa shape index (κ2) is 6.49. The molecule has 0 aliphatic carbocycles. The van der Waals surface area contributed by atoms with Gasteiger partial charge in [0.1, 0.15) is 11.5 Å². The minimum Gasteiger partial charge on any atom is -0.456 e. The summed E-state index contributed by atoms with van der Waals surface area (Å²) in [6.07, 6.45) is 0. The van der Waals surface area contributed by atoms with Crippen LogP contribution < -0.4 is 10.1 Å². The molecule has 1 N–H and O–H groups in total. The number of halogens is 2. The predicted molar refractivity (Wildman–Crippen MR) is 85.2 cm³/mol. The van der Waals surface area contributed by atoms with Crippen LogP contribution in [0.5, 0.6) is 11.5 Å². The molecule has 0 amide bonds. The second-order valence-electron chi connectivity index (χ2n) is 4.75. The van der Waals surface area contributed by atoms with E-state index in [9.17, 15) is 0 Å².